The van der Waals surface area contributed by atoms with E-state index in [9.17, 15) is 24.9 Å². The first-order valence-electron chi connectivity index (χ1n) is 14.8. The van der Waals surface area contributed by atoms with Gasteiger partial charge in [-0.15, -0.1) is 0 Å². The zero-order valence-electron chi connectivity index (χ0n) is 25.2. The average molecular weight is 650 g/mol. The number of halogens is 1. The third-order valence-electron chi connectivity index (χ3n) is 7.77. The number of carbonyl (C=O) groups is 2. The van der Waals surface area contributed by atoms with E-state index in [1.54, 1.807) is 0 Å². The highest BCUT2D eigenvalue weighted by Crippen LogP contribution is 2.34. The van der Waals surface area contributed by atoms with E-state index >= 15 is 0 Å². The number of hydrogen-bond donors (Lipinski definition) is 5. The van der Waals surface area contributed by atoms with Gasteiger partial charge in [-0.25, -0.2) is 4.98 Å². The van der Waals surface area contributed by atoms with Gasteiger partial charge in [0.2, 0.25) is 0 Å². The van der Waals surface area contributed by atoms with Crippen LogP contribution in [-0.4, -0.2) is 93.3 Å². The first-order chi connectivity index (χ1) is 21.7. The summed E-state index contributed by atoms with van der Waals surface area (Å²) in [5, 5.41) is 41.8. The summed E-state index contributed by atoms with van der Waals surface area (Å²) in [4.78, 5) is 28.7. The van der Waals surface area contributed by atoms with Gasteiger partial charge >= 0.3 is 5.97 Å². The number of aliphatic hydroxyl groups excluding tert-OH is 3. The number of imidazole rings is 1. The zero-order chi connectivity index (χ0) is 32.5. The molecular formula is C31H40ClN3O10. The van der Waals surface area contributed by atoms with Crippen LogP contribution < -0.4 is 14.8 Å². The Morgan fingerprint density at radius 2 is 1.78 bits per heavy atom. The SMILES string of the molecule is COc1cc(OCc2nc3ccccc3n2CCCCCCCC(=O)O)c(Cl)cc1C(=O)N[C@H]1[C@@H](OC)O[C@H](CO)[C@@H](O)[C@@H]1O. The molecule has 2 heterocycles. The summed E-state index contributed by atoms with van der Waals surface area (Å²) in [5.41, 5.74) is 1.84. The second kappa shape index (κ2) is 16.2. The van der Waals surface area contributed by atoms with Gasteiger partial charge in [-0.1, -0.05) is 43.0 Å². The lowest BCUT2D eigenvalue weighted by molar-refractivity contribution is -0.261. The van der Waals surface area contributed by atoms with Crippen LogP contribution in [0.5, 0.6) is 11.5 Å². The Morgan fingerprint density at radius 1 is 1.04 bits per heavy atom. The zero-order valence-corrected chi connectivity index (χ0v) is 26.0. The maximum atomic E-state index is 13.3. The highest BCUT2D eigenvalue weighted by Gasteiger charge is 2.45. The number of benzene rings is 2. The van der Waals surface area contributed by atoms with Crippen molar-refractivity contribution in [1.29, 1.82) is 0 Å². The fraction of sp³-hybridized carbons (Fsp3) is 0.516. The van der Waals surface area contributed by atoms with E-state index in [1.165, 1.54) is 26.4 Å². The van der Waals surface area contributed by atoms with E-state index in [0.717, 1.165) is 36.7 Å². The molecule has 5 N–H and O–H groups in total. The molecule has 5 atom stereocenters. The van der Waals surface area contributed by atoms with Crippen molar-refractivity contribution < 1.29 is 49.0 Å². The number of carboxylic acids is 1. The lowest BCUT2D eigenvalue weighted by atomic mass is 9.96. The predicted molar refractivity (Wildman–Crippen MR) is 163 cm³/mol. The van der Waals surface area contributed by atoms with E-state index in [-0.39, 0.29) is 35.1 Å². The second-order valence-corrected chi connectivity index (χ2v) is 11.2. The van der Waals surface area contributed by atoms with E-state index in [4.69, 9.17) is 40.6 Å². The molecule has 0 saturated carbocycles. The average Bonchev–Trinajstić information content (AvgIpc) is 3.39. The molecule has 13 nitrogen and oxygen atoms in total. The molecule has 0 radical (unpaired) electrons. The molecule has 0 unspecified atom stereocenters. The van der Waals surface area contributed by atoms with Gasteiger partial charge in [0, 0.05) is 26.1 Å². The molecule has 2 aromatic carbocycles. The smallest absolute Gasteiger partial charge is 0.303 e. The summed E-state index contributed by atoms with van der Waals surface area (Å²) in [7, 11) is 2.70. The van der Waals surface area contributed by atoms with Crippen molar-refractivity contribution in [3.63, 3.8) is 0 Å². The van der Waals surface area contributed by atoms with Crippen molar-refractivity contribution in [3.8, 4) is 11.5 Å². The maximum Gasteiger partial charge on any atom is 0.303 e. The number of nitrogens with zero attached hydrogens (tertiary/aromatic N) is 2. The van der Waals surface area contributed by atoms with Crippen molar-refractivity contribution in [2.75, 3.05) is 20.8 Å². The number of amides is 1. The highest BCUT2D eigenvalue weighted by atomic mass is 35.5. The number of rotatable bonds is 16. The van der Waals surface area contributed by atoms with E-state index in [0.29, 0.717) is 18.8 Å². The summed E-state index contributed by atoms with van der Waals surface area (Å²) in [6.45, 7) is 0.254. The monoisotopic (exact) mass is 649 g/mol. The number of aryl methyl sites for hydroxylation is 1. The van der Waals surface area contributed by atoms with Crippen molar-refractivity contribution in [2.45, 2.75) is 82.3 Å². The summed E-state index contributed by atoms with van der Waals surface area (Å²) in [6, 6.07) is 9.49. The van der Waals surface area contributed by atoms with E-state index in [2.05, 4.69) is 9.88 Å². The quantitative estimate of drug-likeness (QED) is 0.144. The van der Waals surface area contributed by atoms with Crippen LogP contribution in [0, 0.1) is 0 Å². The molecule has 1 amide bonds. The molecule has 0 spiro atoms. The molecule has 1 saturated heterocycles. The molecule has 0 aliphatic carbocycles. The number of carbonyl (C=O) groups excluding carboxylic acids is 1. The maximum absolute atomic E-state index is 13.3. The number of para-hydroxylation sites is 2. The van der Waals surface area contributed by atoms with Gasteiger partial charge in [0.25, 0.3) is 5.91 Å². The fourth-order valence-corrected chi connectivity index (χ4v) is 5.58. The van der Waals surface area contributed by atoms with Crippen LogP contribution in [0.25, 0.3) is 11.0 Å². The van der Waals surface area contributed by atoms with Gasteiger partial charge in [-0.3, -0.25) is 9.59 Å². The first-order valence-corrected chi connectivity index (χ1v) is 15.2. The van der Waals surface area contributed by atoms with Crippen molar-refractivity contribution in [1.82, 2.24) is 14.9 Å². The van der Waals surface area contributed by atoms with Gasteiger partial charge in [0.15, 0.2) is 6.29 Å². The Labute approximate surface area is 265 Å². The van der Waals surface area contributed by atoms with Crippen LogP contribution in [0.15, 0.2) is 36.4 Å². The number of unbranched alkanes of at least 4 members (excludes halogenated alkanes) is 4. The fourth-order valence-electron chi connectivity index (χ4n) is 5.36. The highest BCUT2D eigenvalue weighted by molar-refractivity contribution is 6.32. The third-order valence-corrected chi connectivity index (χ3v) is 8.07. The molecule has 0 bridgehead atoms. The minimum Gasteiger partial charge on any atom is -0.496 e. The van der Waals surface area contributed by atoms with Crippen molar-refractivity contribution in [2.24, 2.45) is 0 Å². The Morgan fingerprint density at radius 3 is 2.49 bits per heavy atom. The van der Waals surface area contributed by atoms with Gasteiger partial charge in [-0.05, 0) is 31.0 Å². The minimum absolute atomic E-state index is 0.0475. The van der Waals surface area contributed by atoms with Crippen LogP contribution in [-0.2, 0) is 27.4 Å². The molecule has 1 aliphatic heterocycles. The summed E-state index contributed by atoms with van der Waals surface area (Å²) < 4.78 is 24.3. The Hall–Kier alpha value is -3.46. The predicted octanol–water partition coefficient (Wildman–Crippen LogP) is 2.89. The largest absolute Gasteiger partial charge is 0.496 e. The number of methoxy groups -OCH3 is 2. The number of aliphatic hydroxyl groups is 3. The summed E-state index contributed by atoms with van der Waals surface area (Å²) in [5.74, 6) is -0.338. The van der Waals surface area contributed by atoms with Gasteiger partial charge in [0.1, 0.15) is 48.3 Å². The van der Waals surface area contributed by atoms with Crippen LogP contribution in [0.3, 0.4) is 0 Å². The van der Waals surface area contributed by atoms with E-state index < -0.39 is 49.1 Å². The molecule has 1 aromatic heterocycles. The summed E-state index contributed by atoms with van der Waals surface area (Å²) in [6.07, 6.45) is -0.630. The summed E-state index contributed by atoms with van der Waals surface area (Å²) >= 11 is 6.55. The van der Waals surface area contributed by atoms with Crippen LogP contribution >= 0.6 is 11.6 Å². The molecule has 246 valence electrons. The number of nitrogens with one attached hydrogen (secondary N) is 1. The van der Waals surface area contributed by atoms with Gasteiger partial charge in [-0.2, -0.15) is 0 Å². The molecular weight excluding hydrogens is 610 g/mol. The number of carboxylic acid groups (broad SMARTS) is 1. The van der Waals surface area contributed by atoms with Gasteiger partial charge < -0.3 is 49.3 Å². The number of ether oxygens (including phenoxy) is 4. The normalized spacial score (nSPS) is 21.5. The Kier molecular flexibility index (Phi) is 12.4. The second-order valence-electron chi connectivity index (χ2n) is 10.8. The van der Waals surface area contributed by atoms with Crippen LogP contribution in [0.2, 0.25) is 5.02 Å². The number of aliphatic carboxylic acids is 1. The first kappa shape index (κ1) is 34.4. The topological polar surface area (TPSA) is 182 Å². The number of hydrogen-bond acceptors (Lipinski definition) is 10. The molecule has 1 fully saturated rings. The standard InChI is InChI=1S/C31H40ClN3O10/c1-42-22-15-23(19(32)14-18(22)30(41)34-27-29(40)28(39)24(16-36)45-31(27)43-2)44-17-25-33-20-10-7-8-11-21(20)35(25)13-9-5-3-4-6-12-26(37)38/h7-8,10-11,14-15,24,27-29,31,36,39-40H,3-6,9,12-13,16-17H2,1-2H3,(H,34,41)(H,37,38)/t24-,27-,28-,29-,31+/m1/s1. The third kappa shape index (κ3) is 8.43. The van der Waals surface area contributed by atoms with Crippen molar-refractivity contribution >= 4 is 34.5 Å². The molecule has 45 heavy (non-hydrogen) atoms. The molecule has 1 aliphatic rings. The minimum atomic E-state index is -1.48. The molecule has 4 rings (SSSR count). The Bertz CT molecular complexity index is 1450. The molecule has 14 heteroatoms. The Balaban J connectivity index is 1.45. The lowest BCUT2D eigenvalue weighted by Gasteiger charge is -2.41. The number of fused-ring (bicyclic) bond motifs is 1. The van der Waals surface area contributed by atoms with Gasteiger partial charge in [0.05, 0.1) is 35.3 Å². The van der Waals surface area contributed by atoms with Crippen molar-refractivity contribution in [3.05, 3.63) is 52.8 Å². The van der Waals surface area contributed by atoms with E-state index in [1.807, 2.05) is 24.3 Å². The van der Waals surface area contributed by atoms with Crippen LogP contribution in [0.4, 0.5) is 0 Å². The number of aromatic nitrogens is 2. The van der Waals surface area contributed by atoms with Crippen LogP contribution in [0.1, 0.15) is 54.7 Å². The molecule has 3 aromatic rings. The lowest BCUT2D eigenvalue weighted by Crippen LogP contribution is -2.64.